The lowest BCUT2D eigenvalue weighted by Gasteiger charge is -2.24. The molecule has 7 nitrogen and oxygen atoms in total. The molecule has 3 rings (SSSR count). The Morgan fingerprint density at radius 1 is 1.50 bits per heavy atom. The van der Waals surface area contributed by atoms with Gasteiger partial charge >= 0.3 is 6.03 Å². The van der Waals surface area contributed by atoms with Crippen molar-refractivity contribution < 1.29 is 4.79 Å². The van der Waals surface area contributed by atoms with Gasteiger partial charge in [-0.1, -0.05) is 13.8 Å². The second-order valence-corrected chi connectivity index (χ2v) is 7.83. The van der Waals surface area contributed by atoms with Crippen LogP contribution in [-0.4, -0.2) is 37.2 Å². The Labute approximate surface area is 146 Å². The second-order valence-electron chi connectivity index (χ2n) is 6.63. The summed E-state index contributed by atoms with van der Waals surface area (Å²) in [6.07, 6.45) is 6.45. The average molecular weight is 348 g/mol. The molecule has 1 atom stereocenters. The summed E-state index contributed by atoms with van der Waals surface area (Å²) < 4.78 is 1.89. The monoisotopic (exact) mass is 348 g/mol. The van der Waals surface area contributed by atoms with Crippen molar-refractivity contribution in [3.05, 3.63) is 28.2 Å². The Balaban J connectivity index is 1.58. The fraction of sp³-hybridized carbons (Fsp3) is 0.625. The number of nitrogens with one attached hydrogen (secondary N) is 1. The van der Waals surface area contributed by atoms with Crippen LogP contribution in [0.2, 0.25) is 0 Å². The van der Waals surface area contributed by atoms with Gasteiger partial charge in [-0.2, -0.15) is 0 Å². The number of aryl methyl sites for hydroxylation is 1. The molecule has 0 spiro atoms. The van der Waals surface area contributed by atoms with E-state index in [9.17, 15) is 4.79 Å². The minimum atomic E-state index is -0.0423. The molecule has 1 aliphatic heterocycles. The van der Waals surface area contributed by atoms with Gasteiger partial charge in [0.05, 0.1) is 17.6 Å². The Bertz CT molecular complexity index is 694. The zero-order valence-electron chi connectivity index (χ0n) is 14.4. The number of hydrogen-bond acceptors (Lipinski definition) is 5. The fourth-order valence-corrected chi connectivity index (χ4v) is 4.08. The summed E-state index contributed by atoms with van der Waals surface area (Å²) in [4.78, 5) is 19.9. The summed E-state index contributed by atoms with van der Waals surface area (Å²) in [5.74, 6) is 1.44. The normalized spacial score (nSPS) is 17.7. The zero-order valence-corrected chi connectivity index (χ0v) is 15.2. The lowest BCUT2D eigenvalue weighted by molar-refractivity contribution is 0.189. The first kappa shape index (κ1) is 16.9. The van der Waals surface area contributed by atoms with Crippen LogP contribution in [0, 0.1) is 5.92 Å². The van der Waals surface area contributed by atoms with E-state index in [1.807, 2.05) is 22.7 Å². The van der Waals surface area contributed by atoms with Crippen LogP contribution in [0.1, 0.15) is 48.4 Å². The molecule has 2 aromatic heterocycles. The zero-order chi connectivity index (χ0) is 17.1. The van der Waals surface area contributed by atoms with E-state index in [-0.39, 0.29) is 12.1 Å². The van der Waals surface area contributed by atoms with Crippen molar-refractivity contribution in [3.63, 3.8) is 0 Å². The summed E-state index contributed by atoms with van der Waals surface area (Å²) in [6.45, 7) is 5.65. The summed E-state index contributed by atoms with van der Waals surface area (Å²) in [6, 6.07) is -0.0326. The Morgan fingerprint density at radius 3 is 3.04 bits per heavy atom. The van der Waals surface area contributed by atoms with E-state index in [2.05, 4.69) is 34.3 Å². The number of carbonyl (C=O) groups excluding carboxylic acids is 1. The van der Waals surface area contributed by atoms with Crippen LogP contribution in [0.5, 0.6) is 0 Å². The van der Waals surface area contributed by atoms with E-state index < -0.39 is 0 Å². The maximum Gasteiger partial charge on any atom is 0.318 e. The van der Waals surface area contributed by atoms with Gasteiger partial charge in [-0.15, -0.1) is 21.5 Å². The van der Waals surface area contributed by atoms with E-state index in [1.54, 1.807) is 17.7 Å². The van der Waals surface area contributed by atoms with Gasteiger partial charge in [0.2, 0.25) is 0 Å². The number of likely N-dealkylation sites (tertiary alicyclic amines) is 1. The molecular formula is C16H24N6OS. The van der Waals surface area contributed by atoms with Gasteiger partial charge in [-0.3, -0.25) is 0 Å². The van der Waals surface area contributed by atoms with E-state index in [0.29, 0.717) is 12.5 Å². The number of hydrogen-bond donors (Lipinski definition) is 1. The lowest BCUT2D eigenvalue weighted by Crippen LogP contribution is -2.39. The summed E-state index contributed by atoms with van der Waals surface area (Å²) in [5, 5.41) is 12.2. The highest BCUT2D eigenvalue weighted by atomic mass is 32.1. The van der Waals surface area contributed by atoms with E-state index >= 15 is 0 Å². The predicted octanol–water partition coefficient (Wildman–Crippen LogP) is 2.52. The lowest BCUT2D eigenvalue weighted by atomic mass is 10.1. The number of amides is 2. The van der Waals surface area contributed by atoms with E-state index in [4.69, 9.17) is 0 Å². The van der Waals surface area contributed by atoms with Crippen LogP contribution in [0.25, 0.3) is 0 Å². The van der Waals surface area contributed by atoms with Crippen molar-refractivity contribution in [2.24, 2.45) is 13.0 Å². The molecule has 0 aromatic carbocycles. The van der Waals surface area contributed by atoms with Gasteiger partial charge in [0.25, 0.3) is 0 Å². The highest BCUT2D eigenvalue weighted by Gasteiger charge is 2.32. The Hall–Kier alpha value is -1.96. The molecule has 8 heteroatoms. The first-order chi connectivity index (χ1) is 11.5. The molecule has 1 fully saturated rings. The highest BCUT2D eigenvalue weighted by molar-refractivity contribution is 7.11. The van der Waals surface area contributed by atoms with Crippen LogP contribution < -0.4 is 5.32 Å². The van der Waals surface area contributed by atoms with Gasteiger partial charge < -0.3 is 14.8 Å². The molecule has 2 aromatic rings. The quantitative estimate of drug-likeness (QED) is 0.901. The molecule has 0 radical (unpaired) electrons. The smallest absolute Gasteiger partial charge is 0.318 e. The minimum absolute atomic E-state index is 0.00969. The summed E-state index contributed by atoms with van der Waals surface area (Å²) in [5.41, 5.74) is 0. The van der Waals surface area contributed by atoms with E-state index in [0.717, 1.165) is 41.5 Å². The van der Waals surface area contributed by atoms with Crippen molar-refractivity contribution in [2.75, 3.05) is 6.54 Å². The van der Waals surface area contributed by atoms with Crippen molar-refractivity contribution >= 4 is 17.4 Å². The first-order valence-electron chi connectivity index (χ1n) is 8.36. The molecule has 130 valence electrons. The van der Waals surface area contributed by atoms with E-state index in [1.165, 1.54) is 0 Å². The molecule has 1 saturated heterocycles. The molecule has 1 aliphatic rings. The maximum atomic E-state index is 12.6. The number of thiazole rings is 1. The molecule has 2 amide bonds. The van der Waals surface area contributed by atoms with Crippen LogP contribution >= 0.6 is 11.3 Å². The molecule has 0 aliphatic carbocycles. The number of rotatable bonds is 5. The number of aromatic nitrogens is 4. The summed E-state index contributed by atoms with van der Waals surface area (Å²) in [7, 11) is 1.91. The summed E-state index contributed by atoms with van der Waals surface area (Å²) >= 11 is 1.68. The number of carbonyl (C=O) groups is 1. The van der Waals surface area contributed by atoms with Crippen LogP contribution in [-0.2, 0) is 20.0 Å². The van der Waals surface area contributed by atoms with Gasteiger partial charge in [-0.25, -0.2) is 9.78 Å². The molecule has 3 heterocycles. The Morgan fingerprint density at radius 2 is 2.33 bits per heavy atom. The minimum Gasteiger partial charge on any atom is -0.333 e. The maximum absolute atomic E-state index is 12.6. The molecular weight excluding hydrogens is 324 g/mol. The average Bonchev–Trinajstić information content (AvgIpc) is 3.24. The Kier molecular flexibility index (Phi) is 5.13. The third-order valence-corrected chi connectivity index (χ3v) is 5.18. The second kappa shape index (κ2) is 7.29. The highest BCUT2D eigenvalue weighted by Crippen LogP contribution is 2.30. The fourth-order valence-electron chi connectivity index (χ4n) is 3.01. The SMILES string of the molecule is CC(C)Cc1ncc(CNC(=O)N2CCC[C@@H]2c2nncn2C)s1. The van der Waals surface area contributed by atoms with Gasteiger partial charge in [-0.05, 0) is 18.8 Å². The third kappa shape index (κ3) is 3.75. The molecule has 0 unspecified atom stereocenters. The predicted molar refractivity (Wildman–Crippen MR) is 92.6 cm³/mol. The third-order valence-electron chi connectivity index (χ3n) is 4.16. The van der Waals surface area contributed by atoms with Gasteiger partial charge in [0.15, 0.2) is 5.82 Å². The van der Waals surface area contributed by atoms with Crippen LogP contribution in [0.3, 0.4) is 0 Å². The van der Waals surface area contributed by atoms with Crippen LogP contribution in [0.15, 0.2) is 12.5 Å². The van der Waals surface area contributed by atoms with Crippen molar-refractivity contribution in [1.29, 1.82) is 0 Å². The molecule has 0 saturated carbocycles. The molecule has 24 heavy (non-hydrogen) atoms. The first-order valence-corrected chi connectivity index (χ1v) is 9.18. The standard InChI is InChI=1S/C16H24N6OS/c1-11(2)7-14-17-8-12(24-14)9-18-16(23)22-6-4-5-13(22)15-20-19-10-21(15)3/h8,10-11,13H,4-7,9H2,1-3H3,(H,18,23)/t13-/m1/s1. The van der Waals surface area contributed by atoms with Crippen LogP contribution in [0.4, 0.5) is 4.79 Å². The van der Waals surface area contributed by atoms with Gasteiger partial charge in [0, 0.05) is 31.1 Å². The van der Waals surface area contributed by atoms with Crippen molar-refractivity contribution in [1.82, 2.24) is 30.0 Å². The topological polar surface area (TPSA) is 75.9 Å². The largest absolute Gasteiger partial charge is 0.333 e. The van der Waals surface area contributed by atoms with Crippen molar-refractivity contribution in [2.45, 2.75) is 45.7 Å². The van der Waals surface area contributed by atoms with Gasteiger partial charge in [0.1, 0.15) is 6.33 Å². The molecule has 0 bridgehead atoms. The van der Waals surface area contributed by atoms with Crippen molar-refractivity contribution in [3.8, 4) is 0 Å². The number of nitrogens with zero attached hydrogens (tertiary/aromatic N) is 5. The number of urea groups is 1. The molecule has 1 N–H and O–H groups in total.